The molecule has 0 aliphatic rings. The van der Waals surface area contributed by atoms with E-state index in [1.165, 1.54) is 5.56 Å². The summed E-state index contributed by atoms with van der Waals surface area (Å²) in [4.78, 5) is 6.97. The summed E-state index contributed by atoms with van der Waals surface area (Å²) in [7, 11) is 2.13. The maximum atomic E-state index is 4.68. The fourth-order valence-corrected chi connectivity index (χ4v) is 3.00. The molecule has 0 amide bonds. The largest absolute Gasteiger partial charge is 0.310 e. The van der Waals surface area contributed by atoms with Crippen LogP contribution >= 0.6 is 27.3 Å². The van der Waals surface area contributed by atoms with Crippen molar-refractivity contribution < 1.29 is 0 Å². The van der Waals surface area contributed by atoms with Gasteiger partial charge in [-0.05, 0) is 25.7 Å². The van der Waals surface area contributed by atoms with Crippen molar-refractivity contribution in [2.24, 2.45) is 0 Å². The molecule has 0 saturated carbocycles. The summed E-state index contributed by atoms with van der Waals surface area (Å²) in [6.07, 6.45) is 0. The molecule has 108 valence electrons. The van der Waals surface area contributed by atoms with Crippen molar-refractivity contribution in [3.05, 3.63) is 39.8 Å². The SMILES string of the molecule is CCN(C)CCNCc1csc(-c2cccc(Br)c2)n1. The standard InChI is InChI=1S/C15H20BrN3S/c1-3-19(2)8-7-17-10-14-11-20-15(18-14)12-5-4-6-13(16)9-12/h4-6,9,11,17H,3,7-8,10H2,1-2H3. The fourth-order valence-electron chi connectivity index (χ4n) is 1.79. The van der Waals surface area contributed by atoms with E-state index in [4.69, 9.17) is 0 Å². The third-order valence-corrected chi connectivity index (χ3v) is 4.57. The summed E-state index contributed by atoms with van der Waals surface area (Å²) in [5.41, 5.74) is 2.28. The van der Waals surface area contributed by atoms with E-state index in [0.29, 0.717) is 0 Å². The van der Waals surface area contributed by atoms with E-state index in [9.17, 15) is 0 Å². The Kier molecular flexibility index (Phi) is 6.16. The number of likely N-dealkylation sites (N-methyl/N-ethyl adjacent to an activating group) is 1. The number of nitrogens with zero attached hydrogens (tertiary/aromatic N) is 2. The molecular weight excluding hydrogens is 334 g/mol. The second kappa shape index (κ2) is 7.88. The third-order valence-electron chi connectivity index (χ3n) is 3.14. The van der Waals surface area contributed by atoms with Crippen LogP contribution < -0.4 is 5.32 Å². The van der Waals surface area contributed by atoms with Crippen molar-refractivity contribution in [2.45, 2.75) is 13.5 Å². The Morgan fingerprint density at radius 3 is 3.00 bits per heavy atom. The van der Waals surface area contributed by atoms with Gasteiger partial charge in [0.2, 0.25) is 0 Å². The van der Waals surface area contributed by atoms with Crippen LogP contribution in [0.4, 0.5) is 0 Å². The molecule has 1 aromatic heterocycles. The highest BCUT2D eigenvalue weighted by Crippen LogP contribution is 2.26. The molecule has 1 aromatic carbocycles. The lowest BCUT2D eigenvalue weighted by molar-refractivity contribution is 0.348. The van der Waals surface area contributed by atoms with E-state index in [2.05, 4.69) is 62.6 Å². The Balaban J connectivity index is 1.86. The van der Waals surface area contributed by atoms with Gasteiger partial charge in [-0.2, -0.15) is 0 Å². The minimum atomic E-state index is 0.835. The lowest BCUT2D eigenvalue weighted by Crippen LogP contribution is -2.28. The molecule has 0 fully saturated rings. The second-order valence-corrected chi connectivity index (χ2v) is 6.50. The minimum absolute atomic E-state index is 0.835. The first-order chi connectivity index (χ1) is 9.69. The van der Waals surface area contributed by atoms with Crippen LogP contribution in [0.3, 0.4) is 0 Å². The lowest BCUT2D eigenvalue weighted by atomic mass is 10.2. The van der Waals surface area contributed by atoms with Gasteiger partial charge in [0.1, 0.15) is 5.01 Å². The van der Waals surface area contributed by atoms with Crippen LogP contribution in [0, 0.1) is 0 Å². The number of thiazole rings is 1. The van der Waals surface area contributed by atoms with Crippen molar-refractivity contribution in [1.82, 2.24) is 15.2 Å². The predicted molar refractivity (Wildman–Crippen MR) is 90.1 cm³/mol. The average Bonchev–Trinajstić information content (AvgIpc) is 2.92. The van der Waals surface area contributed by atoms with E-state index in [-0.39, 0.29) is 0 Å². The summed E-state index contributed by atoms with van der Waals surface area (Å²) < 4.78 is 1.09. The zero-order chi connectivity index (χ0) is 14.4. The zero-order valence-corrected chi connectivity index (χ0v) is 14.3. The minimum Gasteiger partial charge on any atom is -0.310 e. The molecular formula is C15H20BrN3S. The highest BCUT2D eigenvalue weighted by molar-refractivity contribution is 9.10. The van der Waals surface area contributed by atoms with Gasteiger partial charge in [0.05, 0.1) is 5.69 Å². The molecule has 0 spiro atoms. The van der Waals surface area contributed by atoms with Crippen molar-refractivity contribution in [1.29, 1.82) is 0 Å². The van der Waals surface area contributed by atoms with Crippen LogP contribution in [0.15, 0.2) is 34.1 Å². The monoisotopic (exact) mass is 353 g/mol. The van der Waals surface area contributed by atoms with Crippen LogP contribution in [-0.4, -0.2) is 36.6 Å². The Morgan fingerprint density at radius 1 is 1.40 bits per heavy atom. The van der Waals surface area contributed by atoms with Crippen LogP contribution in [0.25, 0.3) is 10.6 Å². The number of hydrogen-bond donors (Lipinski definition) is 1. The van der Waals surface area contributed by atoms with Crippen LogP contribution in [0.1, 0.15) is 12.6 Å². The van der Waals surface area contributed by atoms with Gasteiger partial charge in [-0.25, -0.2) is 4.98 Å². The van der Waals surface area contributed by atoms with Crippen LogP contribution in [0.2, 0.25) is 0 Å². The van der Waals surface area contributed by atoms with E-state index in [1.54, 1.807) is 11.3 Å². The molecule has 2 rings (SSSR count). The zero-order valence-electron chi connectivity index (χ0n) is 11.9. The molecule has 2 aromatic rings. The van der Waals surface area contributed by atoms with Gasteiger partial charge in [0.15, 0.2) is 0 Å². The molecule has 0 bridgehead atoms. The Hall–Kier alpha value is -0.750. The molecule has 0 saturated heterocycles. The number of benzene rings is 1. The van der Waals surface area contributed by atoms with E-state index in [0.717, 1.165) is 41.4 Å². The summed E-state index contributed by atoms with van der Waals surface area (Å²) >= 11 is 5.20. The summed E-state index contributed by atoms with van der Waals surface area (Å²) in [6.45, 7) is 6.16. The maximum Gasteiger partial charge on any atom is 0.123 e. The second-order valence-electron chi connectivity index (χ2n) is 4.73. The highest BCUT2D eigenvalue weighted by Gasteiger charge is 2.05. The molecule has 0 aliphatic carbocycles. The van der Waals surface area contributed by atoms with Crippen molar-refractivity contribution in [3.8, 4) is 10.6 Å². The Bertz CT molecular complexity index is 541. The number of hydrogen-bond acceptors (Lipinski definition) is 4. The normalized spacial score (nSPS) is 11.2. The Labute approximate surface area is 133 Å². The summed E-state index contributed by atoms with van der Waals surface area (Å²) in [6, 6.07) is 8.27. The molecule has 0 atom stereocenters. The fraction of sp³-hybridized carbons (Fsp3) is 0.400. The number of aromatic nitrogens is 1. The molecule has 0 aliphatic heterocycles. The first-order valence-corrected chi connectivity index (χ1v) is 8.46. The third kappa shape index (κ3) is 4.66. The maximum absolute atomic E-state index is 4.68. The average molecular weight is 354 g/mol. The van der Waals surface area contributed by atoms with E-state index in [1.807, 2.05) is 12.1 Å². The van der Waals surface area contributed by atoms with Gasteiger partial charge < -0.3 is 10.2 Å². The van der Waals surface area contributed by atoms with Gasteiger partial charge in [-0.15, -0.1) is 11.3 Å². The molecule has 5 heteroatoms. The van der Waals surface area contributed by atoms with Gasteiger partial charge in [0, 0.05) is 35.1 Å². The van der Waals surface area contributed by atoms with E-state index < -0.39 is 0 Å². The van der Waals surface area contributed by atoms with Crippen molar-refractivity contribution >= 4 is 27.3 Å². The van der Waals surface area contributed by atoms with Crippen molar-refractivity contribution in [2.75, 3.05) is 26.7 Å². The highest BCUT2D eigenvalue weighted by atomic mass is 79.9. The smallest absolute Gasteiger partial charge is 0.123 e. The van der Waals surface area contributed by atoms with Crippen LogP contribution in [-0.2, 0) is 6.54 Å². The first kappa shape index (κ1) is 15.6. The predicted octanol–water partition coefficient (Wildman–Crippen LogP) is 3.61. The van der Waals surface area contributed by atoms with Crippen molar-refractivity contribution in [3.63, 3.8) is 0 Å². The Morgan fingerprint density at radius 2 is 2.25 bits per heavy atom. The lowest BCUT2D eigenvalue weighted by Gasteiger charge is -2.13. The van der Waals surface area contributed by atoms with Gasteiger partial charge in [0.25, 0.3) is 0 Å². The van der Waals surface area contributed by atoms with E-state index >= 15 is 0 Å². The molecule has 3 nitrogen and oxygen atoms in total. The number of rotatable bonds is 7. The molecule has 0 unspecified atom stereocenters. The van der Waals surface area contributed by atoms with Gasteiger partial charge in [-0.1, -0.05) is 35.0 Å². The first-order valence-electron chi connectivity index (χ1n) is 6.78. The molecule has 1 N–H and O–H groups in total. The molecule has 0 radical (unpaired) electrons. The summed E-state index contributed by atoms with van der Waals surface area (Å²) in [5.74, 6) is 0. The molecule has 1 heterocycles. The van der Waals surface area contributed by atoms with Crippen LogP contribution in [0.5, 0.6) is 0 Å². The number of nitrogens with one attached hydrogen (secondary N) is 1. The quantitative estimate of drug-likeness (QED) is 0.770. The topological polar surface area (TPSA) is 28.2 Å². The van der Waals surface area contributed by atoms with Gasteiger partial charge in [-0.3, -0.25) is 0 Å². The van der Waals surface area contributed by atoms with Gasteiger partial charge >= 0.3 is 0 Å². The summed E-state index contributed by atoms with van der Waals surface area (Å²) in [5, 5.41) is 6.65. The number of halogens is 1. The molecule has 20 heavy (non-hydrogen) atoms.